The van der Waals surface area contributed by atoms with E-state index in [4.69, 9.17) is 9.15 Å². The lowest BCUT2D eigenvalue weighted by Gasteiger charge is -2.06. The number of hydrogen-bond donors (Lipinski definition) is 1. The summed E-state index contributed by atoms with van der Waals surface area (Å²) in [7, 11) is 1.60. The molecular formula is C19H16N4O3. The predicted octanol–water partition coefficient (Wildman–Crippen LogP) is 3.20. The molecule has 0 atom stereocenters. The van der Waals surface area contributed by atoms with Crippen LogP contribution in [-0.4, -0.2) is 27.8 Å². The maximum absolute atomic E-state index is 12.4. The van der Waals surface area contributed by atoms with Gasteiger partial charge in [-0.1, -0.05) is 0 Å². The highest BCUT2D eigenvalue weighted by Crippen LogP contribution is 2.26. The van der Waals surface area contributed by atoms with Gasteiger partial charge in [-0.3, -0.25) is 4.79 Å². The number of aromatic nitrogens is 3. The van der Waals surface area contributed by atoms with Crippen molar-refractivity contribution in [2.24, 2.45) is 0 Å². The maximum Gasteiger partial charge on any atom is 0.228 e. The molecule has 7 heteroatoms. The van der Waals surface area contributed by atoms with E-state index in [9.17, 15) is 4.79 Å². The zero-order chi connectivity index (χ0) is 17.9. The Labute approximate surface area is 149 Å². The van der Waals surface area contributed by atoms with E-state index in [0.29, 0.717) is 11.3 Å². The SMILES string of the molecule is COc1ccc2c(CC(=O)Nc3ccc(-n4cncn4)cc3)coc2c1. The van der Waals surface area contributed by atoms with Crippen molar-refractivity contribution < 1.29 is 13.9 Å². The lowest BCUT2D eigenvalue weighted by atomic mass is 10.1. The predicted molar refractivity (Wildman–Crippen MR) is 96.5 cm³/mol. The Hall–Kier alpha value is -3.61. The lowest BCUT2D eigenvalue weighted by molar-refractivity contribution is -0.115. The molecule has 26 heavy (non-hydrogen) atoms. The highest BCUT2D eigenvalue weighted by Gasteiger charge is 2.11. The van der Waals surface area contributed by atoms with Gasteiger partial charge in [-0.25, -0.2) is 9.67 Å². The van der Waals surface area contributed by atoms with Crippen molar-refractivity contribution in [3.8, 4) is 11.4 Å². The van der Waals surface area contributed by atoms with Gasteiger partial charge in [0.15, 0.2) is 0 Å². The molecule has 7 nitrogen and oxygen atoms in total. The van der Waals surface area contributed by atoms with E-state index in [1.807, 2.05) is 36.4 Å². The van der Waals surface area contributed by atoms with Crippen LogP contribution < -0.4 is 10.1 Å². The number of carbonyl (C=O) groups is 1. The Kier molecular flexibility index (Phi) is 4.10. The first kappa shape index (κ1) is 15.9. The average molecular weight is 348 g/mol. The molecule has 1 N–H and O–H groups in total. The molecule has 0 aliphatic rings. The van der Waals surface area contributed by atoms with Gasteiger partial charge in [0, 0.05) is 22.7 Å². The molecule has 0 aliphatic heterocycles. The zero-order valence-electron chi connectivity index (χ0n) is 14.0. The molecule has 2 aromatic heterocycles. The lowest BCUT2D eigenvalue weighted by Crippen LogP contribution is -2.14. The third-order valence-electron chi connectivity index (χ3n) is 4.05. The first-order chi connectivity index (χ1) is 12.7. The number of anilines is 1. The van der Waals surface area contributed by atoms with E-state index >= 15 is 0 Å². The monoisotopic (exact) mass is 348 g/mol. The summed E-state index contributed by atoms with van der Waals surface area (Å²) in [5.41, 5.74) is 3.12. The van der Waals surface area contributed by atoms with Crippen LogP contribution in [0, 0.1) is 0 Å². The Morgan fingerprint density at radius 3 is 2.81 bits per heavy atom. The van der Waals surface area contributed by atoms with Crippen LogP contribution in [0.1, 0.15) is 5.56 Å². The fraction of sp³-hybridized carbons (Fsp3) is 0.105. The maximum atomic E-state index is 12.4. The minimum atomic E-state index is -0.114. The Bertz CT molecular complexity index is 1040. The van der Waals surface area contributed by atoms with Crippen LogP contribution in [0.25, 0.3) is 16.7 Å². The van der Waals surface area contributed by atoms with Gasteiger partial charge < -0.3 is 14.5 Å². The molecule has 1 amide bonds. The van der Waals surface area contributed by atoms with Gasteiger partial charge in [0.2, 0.25) is 5.91 Å². The zero-order valence-corrected chi connectivity index (χ0v) is 14.0. The normalized spacial score (nSPS) is 10.8. The first-order valence-corrected chi connectivity index (χ1v) is 8.02. The third kappa shape index (κ3) is 3.14. The third-order valence-corrected chi connectivity index (χ3v) is 4.05. The van der Waals surface area contributed by atoms with Crippen LogP contribution >= 0.6 is 0 Å². The van der Waals surface area contributed by atoms with E-state index in [1.165, 1.54) is 6.33 Å². The van der Waals surface area contributed by atoms with E-state index in [2.05, 4.69) is 15.4 Å². The number of furan rings is 1. The summed E-state index contributed by atoms with van der Waals surface area (Å²) in [6, 6.07) is 12.9. The number of ether oxygens (including phenoxy) is 1. The van der Waals surface area contributed by atoms with Gasteiger partial charge in [0.1, 0.15) is 24.0 Å². The van der Waals surface area contributed by atoms with Crippen LogP contribution in [0.2, 0.25) is 0 Å². The van der Waals surface area contributed by atoms with Crippen molar-refractivity contribution >= 4 is 22.6 Å². The van der Waals surface area contributed by atoms with Gasteiger partial charge in [0.25, 0.3) is 0 Å². The quantitative estimate of drug-likeness (QED) is 0.599. The molecule has 0 bridgehead atoms. The fourth-order valence-corrected chi connectivity index (χ4v) is 2.74. The number of fused-ring (bicyclic) bond motifs is 1. The molecule has 0 aliphatic carbocycles. The van der Waals surface area contributed by atoms with Gasteiger partial charge in [-0.15, -0.1) is 0 Å². The second-order valence-corrected chi connectivity index (χ2v) is 5.73. The van der Waals surface area contributed by atoms with Gasteiger partial charge in [0.05, 0.1) is 25.5 Å². The van der Waals surface area contributed by atoms with Crippen LogP contribution in [0.5, 0.6) is 5.75 Å². The van der Waals surface area contributed by atoms with Crippen LogP contribution in [0.3, 0.4) is 0 Å². The van der Waals surface area contributed by atoms with E-state index in [1.54, 1.807) is 30.4 Å². The minimum absolute atomic E-state index is 0.114. The Balaban J connectivity index is 1.45. The second kappa shape index (κ2) is 6.72. The van der Waals surface area contributed by atoms with Gasteiger partial charge in [-0.05, 0) is 36.4 Å². The van der Waals surface area contributed by atoms with Crippen molar-refractivity contribution in [3.63, 3.8) is 0 Å². The van der Waals surface area contributed by atoms with Crippen molar-refractivity contribution in [1.82, 2.24) is 14.8 Å². The van der Waals surface area contributed by atoms with Gasteiger partial charge in [-0.2, -0.15) is 5.10 Å². The number of nitrogens with one attached hydrogen (secondary N) is 1. The first-order valence-electron chi connectivity index (χ1n) is 8.02. The summed E-state index contributed by atoms with van der Waals surface area (Å²) in [5, 5.41) is 7.86. The van der Waals surface area contributed by atoms with Crippen molar-refractivity contribution in [2.45, 2.75) is 6.42 Å². The minimum Gasteiger partial charge on any atom is -0.497 e. The molecule has 130 valence electrons. The molecule has 0 fully saturated rings. The van der Waals surface area contributed by atoms with E-state index in [-0.39, 0.29) is 12.3 Å². The molecular weight excluding hydrogens is 332 g/mol. The molecule has 2 heterocycles. The molecule has 0 saturated heterocycles. The van der Waals surface area contributed by atoms with Crippen LogP contribution in [0.4, 0.5) is 5.69 Å². The summed E-state index contributed by atoms with van der Waals surface area (Å²) in [4.78, 5) is 16.3. The number of amides is 1. The number of methoxy groups -OCH3 is 1. The average Bonchev–Trinajstić information content (AvgIpc) is 3.32. The molecule has 2 aromatic carbocycles. The molecule has 4 aromatic rings. The number of hydrogen-bond acceptors (Lipinski definition) is 5. The number of benzene rings is 2. The molecule has 4 rings (SSSR count). The van der Waals surface area contributed by atoms with Crippen LogP contribution in [-0.2, 0) is 11.2 Å². The van der Waals surface area contributed by atoms with Crippen molar-refractivity contribution in [3.05, 3.63) is 66.9 Å². The summed E-state index contributed by atoms with van der Waals surface area (Å²) in [6.07, 6.45) is 4.93. The van der Waals surface area contributed by atoms with Crippen molar-refractivity contribution in [1.29, 1.82) is 0 Å². The topological polar surface area (TPSA) is 82.2 Å². The second-order valence-electron chi connectivity index (χ2n) is 5.73. The highest BCUT2D eigenvalue weighted by molar-refractivity contribution is 5.95. The molecule has 0 radical (unpaired) electrons. The largest absolute Gasteiger partial charge is 0.497 e. The standard InChI is InChI=1S/C19H16N4O3/c1-25-16-6-7-17-13(10-26-18(17)9-16)8-19(24)22-14-2-4-15(5-3-14)23-12-20-11-21-23/h2-7,9-12H,8H2,1H3,(H,22,24). The number of nitrogens with zero attached hydrogens (tertiary/aromatic N) is 3. The fourth-order valence-electron chi connectivity index (χ4n) is 2.74. The summed E-state index contributed by atoms with van der Waals surface area (Å²) >= 11 is 0. The summed E-state index contributed by atoms with van der Waals surface area (Å²) in [5.74, 6) is 0.604. The van der Waals surface area contributed by atoms with Crippen molar-refractivity contribution in [2.75, 3.05) is 12.4 Å². The molecule has 0 saturated carbocycles. The van der Waals surface area contributed by atoms with E-state index in [0.717, 1.165) is 22.4 Å². The van der Waals surface area contributed by atoms with Crippen LogP contribution in [0.15, 0.2) is 65.8 Å². The highest BCUT2D eigenvalue weighted by atomic mass is 16.5. The number of carbonyl (C=O) groups excluding carboxylic acids is 1. The molecule has 0 spiro atoms. The Morgan fingerprint density at radius 1 is 1.23 bits per heavy atom. The number of rotatable bonds is 5. The molecule has 0 unspecified atom stereocenters. The summed E-state index contributed by atoms with van der Waals surface area (Å²) in [6.45, 7) is 0. The summed E-state index contributed by atoms with van der Waals surface area (Å²) < 4.78 is 12.4. The van der Waals surface area contributed by atoms with E-state index < -0.39 is 0 Å². The smallest absolute Gasteiger partial charge is 0.228 e. The van der Waals surface area contributed by atoms with Gasteiger partial charge >= 0.3 is 0 Å². The Morgan fingerprint density at radius 2 is 2.08 bits per heavy atom.